The number of benzene rings is 1. The molecule has 0 saturated carbocycles. The fraction of sp³-hybridized carbons (Fsp3) is 0.267. The van der Waals surface area contributed by atoms with E-state index in [2.05, 4.69) is 4.72 Å². The third-order valence-corrected chi connectivity index (χ3v) is 7.62. The zero-order valence-corrected chi connectivity index (χ0v) is 16.2. The number of thiophene rings is 1. The minimum absolute atomic E-state index is 0.0867. The van der Waals surface area contributed by atoms with Crippen molar-refractivity contribution < 1.29 is 28.2 Å². The highest BCUT2D eigenvalue weighted by molar-refractivity contribution is 7.94. The van der Waals surface area contributed by atoms with E-state index in [1.54, 1.807) is 0 Å². The molecule has 0 bridgehead atoms. The van der Waals surface area contributed by atoms with Gasteiger partial charge in [-0.25, -0.2) is 13.2 Å². The van der Waals surface area contributed by atoms with Crippen molar-refractivity contribution in [2.75, 3.05) is 17.9 Å². The van der Waals surface area contributed by atoms with Crippen LogP contribution in [0.2, 0.25) is 9.36 Å². The maximum Gasteiger partial charge on any atom is 0.339 e. The van der Waals surface area contributed by atoms with Gasteiger partial charge in [-0.05, 0) is 24.6 Å². The summed E-state index contributed by atoms with van der Waals surface area (Å²) in [5.74, 6) is -2.12. The van der Waals surface area contributed by atoms with E-state index in [0.29, 0.717) is 13.0 Å². The number of sulfonamides is 1. The molecule has 3 rings (SSSR count). The topological polar surface area (TPSA) is 113 Å². The van der Waals surface area contributed by atoms with Crippen LogP contribution in [0.15, 0.2) is 22.4 Å². The molecule has 1 unspecified atom stereocenters. The molecule has 1 atom stereocenters. The van der Waals surface area contributed by atoms with Crippen LogP contribution in [0.1, 0.15) is 28.3 Å². The largest absolute Gasteiger partial charge is 0.507 e. The van der Waals surface area contributed by atoms with Crippen molar-refractivity contribution >= 4 is 56.2 Å². The monoisotopic (exact) mass is 437 g/mol. The molecule has 11 heteroatoms. The summed E-state index contributed by atoms with van der Waals surface area (Å²) in [7, 11) is -4.02. The van der Waals surface area contributed by atoms with Gasteiger partial charge < -0.3 is 14.9 Å². The quantitative estimate of drug-likeness (QED) is 0.655. The lowest BCUT2D eigenvalue weighted by molar-refractivity contribution is 0.0693. The average molecular weight is 438 g/mol. The fourth-order valence-corrected chi connectivity index (χ4v) is 5.66. The standard InChI is InChI=1S/C15H13Cl2NO6S2/c16-9-5-11(25-14(9)17)26(22,23)18-10-2-1-8(15(20)21)13(19)12(10)7-3-4-24-6-7/h1-2,5,7,18-19H,3-4,6H2,(H,20,21). The summed E-state index contributed by atoms with van der Waals surface area (Å²) in [4.78, 5) is 11.3. The van der Waals surface area contributed by atoms with E-state index < -0.39 is 21.7 Å². The Morgan fingerprint density at radius 2 is 2.08 bits per heavy atom. The Morgan fingerprint density at radius 3 is 2.62 bits per heavy atom. The van der Waals surface area contributed by atoms with Crippen molar-refractivity contribution in [3.05, 3.63) is 38.7 Å². The number of halogens is 2. The molecular weight excluding hydrogens is 425 g/mol. The Bertz CT molecular complexity index is 947. The number of carboxylic acid groups (broad SMARTS) is 1. The van der Waals surface area contributed by atoms with Crippen LogP contribution in [0.3, 0.4) is 0 Å². The van der Waals surface area contributed by atoms with Gasteiger partial charge in [-0.2, -0.15) is 0 Å². The zero-order valence-electron chi connectivity index (χ0n) is 13.0. The molecule has 1 aromatic carbocycles. The van der Waals surface area contributed by atoms with E-state index in [-0.39, 0.29) is 42.9 Å². The fourth-order valence-electron chi connectivity index (χ4n) is 2.70. The number of anilines is 1. The summed E-state index contributed by atoms with van der Waals surface area (Å²) in [5, 5.41) is 19.7. The SMILES string of the molecule is O=C(O)c1ccc(NS(=O)(=O)c2cc(Cl)c(Cl)s2)c(C2CCOC2)c1O. The first-order chi connectivity index (χ1) is 12.2. The van der Waals surface area contributed by atoms with Gasteiger partial charge in [-0.1, -0.05) is 23.2 Å². The normalized spacial score (nSPS) is 17.4. The van der Waals surface area contributed by atoms with Crippen molar-refractivity contribution in [1.82, 2.24) is 0 Å². The molecule has 0 aliphatic carbocycles. The Balaban J connectivity index is 2.06. The third kappa shape index (κ3) is 3.63. The first kappa shape index (κ1) is 19.2. The summed E-state index contributed by atoms with van der Waals surface area (Å²) >= 11 is 12.4. The van der Waals surface area contributed by atoms with Crippen molar-refractivity contribution in [3.63, 3.8) is 0 Å². The maximum absolute atomic E-state index is 12.6. The second-order valence-electron chi connectivity index (χ2n) is 5.58. The second kappa shape index (κ2) is 7.24. The van der Waals surface area contributed by atoms with Crippen LogP contribution in [0.25, 0.3) is 0 Å². The lowest BCUT2D eigenvalue weighted by Gasteiger charge is -2.18. The molecule has 0 spiro atoms. The van der Waals surface area contributed by atoms with Gasteiger partial charge in [-0.3, -0.25) is 4.72 Å². The minimum atomic E-state index is -4.02. The van der Waals surface area contributed by atoms with Gasteiger partial charge in [0.2, 0.25) is 0 Å². The van der Waals surface area contributed by atoms with Crippen molar-refractivity contribution in [1.29, 1.82) is 0 Å². The van der Waals surface area contributed by atoms with E-state index >= 15 is 0 Å². The van der Waals surface area contributed by atoms with Crippen LogP contribution in [0, 0.1) is 0 Å². The minimum Gasteiger partial charge on any atom is -0.507 e. The van der Waals surface area contributed by atoms with E-state index in [1.807, 2.05) is 0 Å². The molecular formula is C15H13Cl2NO6S2. The predicted molar refractivity (Wildman–Crippen MR) is 98.4 cm³/mol. The Hall–Kier alpha value is -1.52. The number of ether oxygens (including phenoxy) is 1. The van der Waals surface area contributed by atoms with E-state index in [1.165, 1.54) is 12.1 Å². The number of rotatable bonds is 5. The van der Waals surface area contributed by atoms with Crippen molar-refractivity contribution in [2.45, 2.75) is 16.5 Å². The molecule has 1 aromatic heterocycles. The molecule has 0 radical (unpaired) electrons. The molecule has 7 nitrogen and oxygen atoms in total. The number of carbonyl (C=O) groups is 1. The summed E-state index contributed by atoms with van der Waals surface area (Å²) in [6.07, 6.45) is 0.530. The van der Waals surface area contributed by atoms with Crippen LogP contribution < -0.4 is 4.72 Å². The molecule has 1 aliphatic heterocycles. The maximum atomic E-state index is 12.6. The molecule has 2 aromatic rings. The van der Waals surface area contributed by atoms with Gasteiger partial charge in [0.05, 0.1) is 17.3 Å². The first-order valence-corrected chi connectivity index (χ1v) is 10.4. The number of carboxylic acids is 1. The molecule has 0 amide bonds. The number of nitrogens with one attached hydrogen (secondary N) is 1. The van der Waals surface area contributed by atoms with Gasteiger partial charge in [0.15, 0.2) is 0 Å². The second-order valence-corrected chi connectivity index (χ2v) is 9.55. The zero-order chi connectivity index (χ0) is 19.1. The van der Waals surface area contributed by atoms with Crippen LogP contribution in [0.5, 0.6) is 5.75 Å². The summed E-state index contributed by atoms with van der Waals surface area (Å²) in [6, 6.07) is 3.68. The first-order valence-electron chi connectivity index (χ1n) is 7.35. The number of aromatic hydroxyl groups is 1. The Morgan fingerprint density at radius 1 is 1.35 bits per heavy atom. The number of hydrogen-bond donors (Lipinski definition) is 3. The summed E-state index contributed by atoms with van der Waals surface area (Å²) < 4.78 is 33.0. The van der Waals surface area contributed by atoms with Gasteiger partial charge in [-0.15, -0.1) is 11.3 Å². The highest BCUT2D eigenvalue weighted by Crippen LogP contribution is 2.41. The molecule has 140 valence electrons. The number of phenols is 1. The molecule has 2 heterocycles. The average Bonchev–Trinajstić information content (AvgIpc) is 3.18. The lowest BCUT2D eigenvalue weighted by atomic mass is 9.93. The van der Waals surface area contributed by atoms with Crippen LogP contribution in [0.4, 0.5) is 5.69 Å². The van der Waals surface area contributed by atoms with Gasteiger partial charge in [0.25, 0.3) is 10.0 Å². The molecule has 3 N–H and O–H groups in total. The third-order valence-electron chi connectivity index (χ3n) is 3.92. The van der Waals surface area contributed by atoms with Gasteiger partial charge in [0.1, 0.15) is 19.9 Å². The van der Waals surface area contributed by atoms with Crippen LogP contribution in [-0.2, 0) is 14.8 Å². The number of hydrogen-bond acceptors (Lipinski definition) is 6. The highest BCUT2D eigenvalue weighted by Gasteiger charge is 2.29. The summed E-state index contributed by atoms with van der Waals surface area (Å²) in [6.45, 7) is 0.686. The van der Waals surface area contributed by atoms with Gasteiger partial charge in [0, 0.05) is 18.1 Å². The number of aromatic carboxylic acids is 1. The molecule has 1 fully saturated rings. The Kier molecular flexibility index (Phi) is 5.36. The van der Waals surface area contributed by atoms with E-state index in [0.717, 1.165) is 17.4 Å². The molecule has 1 aliphatic rings. The van der Waals surface area contributed by atoms with E-state index in [9.17, 15) is 23.4 Å². The Labute approximate surface area is 163 Å². The smallest absolute Gasteiger partial charge is 0.339 e. The van der Waals surface area contributed by atoms with Crippen molar-refractivity contribution in [2.24, 2.45) is 0 Å². The predicted octanol–water partition coefficient (Wildman–Crippen LogP) is 3.76. The van der Waals surface area contributed by atoms with E-state index in [4.69, 9.17) is 27.9 Å². The highest BCUT2D eigenvalue weighted by atomic mass is 35.5. The summed E-state index contributed by atoms with van der Waals surface area (Å²) in [5.41, 5.74) is -0.0274. The van der Waals surface area contributed by atoms with Gasteiger partial charge >= 0.3 is 5.97 Å². The lowest BCUT2D eigenvalue weighted by Crippen LogP contribution is -2.15. The molecule has 1 saturated heterocycles. The molecule has 26 heavy (non-hydrogen) atoms. The van der Waals surface area contributed by atoms with Crippen molar-refractivity contribution in [3.8, 4) is 5.75 Å². The van der Waals surface area contributed by atoms with Crippen LogP contribution in [-0.4, -0.2) is 37.8 Å². The van der Waals surface area contributed by atoms with Crippen LogP contribution >= 0.6 is 34.5 Å².